The van der Waals surface area contributed by atoms with Crippen molar-refractivity contribution in [1.82, 2.24) is 0 Å². The maximum atomic E-state index is 9.23. The molecule has 2 N–H and O–H groups in total. The van der Waals surface area contributed by atoms with Crippen LogP contribution < -0.4 is 5.32 Å². The smallest absolute Gasteiger partial charge is 0.115 e. The summed E-state index contributed by atoms with van der Waals surface area (Å²) in [6.45, 7) is 4.66. The molecule has 2 rings (SSSR count). The van der Waals surface area contributed by atoms with Gasteiger partial charge in [0.15, 0.2) is 0 Å². The summed E-state index contributed by atoms with van der Waals surface area (Å²) in [5.74, 6) is 2.07. The third-order valence-corrected chi connectivity index (χ3v) is 3.95. The predicted molar refractivity (Wildman–Crippen MR) is 72.3 cm³/mol. The van der Waals surface area contributed by atoms with Crippen molar-refractivity contribution in [3.63, 3.8) is 0 Å². The number of phenolic OH excluding ortho intramolecular Hbond substituents is 1. The second-order valence-electron chi connectivity index (χ2n) is 5.55. The zero-order valence-electron chi connectivity index (χ0n) is 10.8. The van der Waals surface area contributed by atoms with E-state index < -0.39 is 0 Å². The summed E-state index contributed by atoms with van der Waals surface area (Å²) in [6, 6.07) is 7.98. The second-order valence-corrected chi connectivity index (χ2v) is 5.55. The minimum Gasteiger partial charge on any atom is -0.508 e. The molecule has 1 aromatic rings. The molecule has 0 aromatic heterocycles. The first-order chi connectivity index (χ1) is 8.15. The van der Waals surface area contributed by atoms with Crippen LogP contribution in [0.4, 0.5) is 5.69 Å². The van der Waals surface area contributed by atoms with Gasteiger partial charge in [0, 0.05) is 11.7 Å². The van der Waals surface area contributed by atoms with Crippen LogP contribution in [0.1, 0.15) is 39.5 Å². The lowest BCUT2D eigenvalue weighted by molar-refractivity contribution is 0.267. The van der Waals surface area contributed by atoms with Gasteiger partial charge >= 0.3 is 0 Å². The van der Waals surface area contributed by atoms with Gasteiger partial charge in [0.1, 0.15) is 5.75 Å². The van der Waals surface area contributed by atoms with Crippen LogP contribution in [0.2, 0.25) is 0 Å². The molecule has 0 bridgehead atoms. The van der Waals surface area contributed by atoms with Gasteiger partial charge in [-0.1, -0.05) is 13.8 Å². The van der Waals surface area contributed by atoms with Crippen LogP contribution in [-0.4, -0.2) is 11.1 Å². The van der Waals surface area contributed by atoms with E-state index in [0.29, 0.717) is 11.8 Å². The summed E-state index contributed by atoms with van der Waals surface area (Å²) in [6.07, 6.45) is 5.22. The van der Waals surface area contributed by atoms with E-state index in [1.165, 1.54) is 25.7 Å². The molecule has 1 aromatic carbocycles. The van der Waals surface area contributed by atoms with Crippen molar-refractivity contribution < 1.29 is 5.11 Å². The van der Waals surface area contributed by atoms with Crippen LogP contribution >= 0.6 is 0 Å². The summed E-state index contributed by atoms with van der Waals surface area (Å²) in [5, 5.41) is 12.8. The van der Waals surface area contributed by atoms with Crippen LogP contribution in [0.3, 0.4) is 0 Å². The zero-order chi connectivity index (χ0) is 12.3. The SMILES string of the molecule is CC(C)C1CCC(Nc2ccc(O)cc2)CC1. The highest BCUT2D eigenvalue weighted by Gasteiger charge is 2.22. The van der Waals surface area contributed by atoms with Gasteiger partial charge in [-0.15, -0.1) is 0 Å². The maximum Gasteiger partial charge on any atom is 0.115 e. The Hall–Kier alpha value is -1.18. The monoisotopic (exact) mass is 233 g/mol. The quantitative estimate of drug-likeness (QED) is 0.773. The van der Waals surface area contributed by atoms with Gasteiger partial charge in [-0.3, -0.25) is 0 Å². The van der Waals surface area contributed by atoms with Gasteiger partial charge in [0.2, 0.25) is 0 Å². The molecular formula is C15H23NO. The number of hydrogen-bond donors (Lipinski definition) is 2. The highest BCUT2D eigenvalue weighted by molar-refractivity contribution is 5.46. The highest BCUT2D eigenvalue weighted by Crippen LogP contribution is 2.31. The van der Waals surface area contributed by atoms with E-state index in [0.717, 1.165) is 17.5 Å². The van der Waals surface area contributed by atoms with E-state index in [1.54, 1.807) is 12.1 Å². The molecule has 0 unspecified atom stereocenters. The molecule has 0 saturated heterocycles. The van der Waals surface area contributed by atoms with Crippen LogP contribution in [-0.2, 0) is 0 Å². The van der Waals surface area contributed by atoms with Crippen molar-refractivity contribution in [1.29, 1.82) is 0 Å². The number of aromatic hydroxyl groups is 1. The average molecular weight is 233 g/mol. The first-order valence-electron chi connectivity index (χ1n) is 6.70. The number of phenols is 1. The topological polar surface area (TPSA) is 32.3 Å². The molecule has 2 heteroatoms. The van der Waals surface area contributed by atoms with Gasteiger partial charge < -0.3 is 10.4 Å². The molecule has 17 heavy (non-hydrogen) atoms. The molecule has 0 atom stereocenters. The molecule has 0 spiro atoms. The van der Waals surface area contributed by atoms with E-state index in [1.807, 2.05) is 12.1 Å². The van der Waals surface area contributed by atoms with Crippen molar-refractivity contribution in [2.45, 2.75) is 45.6 Å². The second kappa shape index (κ2) is 5.44. The number of rotatable bonds is 3. The number of anilines is 1. The number of benzene rings is 1. The largest absolute Gasteiger partial charge is 0.508 e. The zero-order valence-corrected chi connectivity index (χ0v) is 10.8. The van der Waals surface area contributed by atoms with Gasteiger partial charge in [0.25, 0.3) is 0 Å². The van der Waals surface area contributed by atoms with Crippen molar-refractivity contribution in [2.24, 2.45) is 11.8 Å². The first-order valence-corrected chi connectivity index (χ1v) is 6.70. The predicted octanol–water partition coefficient (Wildman–Crippen LogP) is 4.02. The molecule has 2 nitrogen and oxygen atoms in total. The summed E-state index contributed by atoms with van der Waals surface area (Å²) in [4.78, 5) is 0. The Morgan fingerprint density at radius 3 is 2.18 bits per heavy atom. The first kappa shape index (κ1) is 12.3. The normalized spacial score (nSPS) is 24.9. The third-order valence-electron chi connectivity index (χ3n) is 3.95. The molecule has 94 valence electrons. The Balaban J connectivity index is 1.84. The van der Waals surface area contributed by atoms with E-state index >= 15 is 0 Å². The lowest BCUT2D eigenvalue weighted by atomic mass is 9.79. The van der Waals surface area contributed by atoms with E-state index in [2.05, 4.69) is 19.2 Å². The molecule has 1 saturated carbocycles. The molecule has 1 aliphatic rings. The Kier molecular flexibility index (Phi) is 3.93. The van der Waals surface area contributed by atoms with E-state index in [-0.39, 0.29) is 0 Å². The minimum atomic E-state index is 0.332. The Bertz CT molecular complexity index is 336. The minimum absolute atomic E-state index is 0.332. The molecule has 0 heterocycles. The van der Waals surface area contributed by atoms with E-state index in [9.17, 15) is 5.11 Å². The van der Waals surface area contributed by atoms with E-state index in [4.69, 9.17) is 0 Å². The molecular weight excluding hydrogens is 210 g/mol. The summed E-state index contributed by atoms with van der Waals surface area (Å²) >= 11 is 0. The lowest BCUT2D eigenvalue weighted by Gasteiger charge is -2.31. The molecule has 1 aliphatic carbocycles. The summed E-state index contributed by atoms with van der Waals surface area (Å²) in [5.41, 5.74) is 1.12. The van der Waals surface area contributed by atoms with Crippen molar-refractivity contribution in [3.8, 4) is 5.75 Å². The average Bonchev–Trinajstić information content (AvgIpc) is 2.33. The summed E-state index contributed by atoms with van der Waals surface area (Å²) in [7, 11) is 0. The molecule has 0 radical (unpaired) electrons. The number of nitrogens with one attached hydrogen (secondary N) is 1. The van der Waals surface area contributed by atoms with Gasteiger partial charge in [-0.2, -0.15) is 0 Å². The Morgan fingerprint density at radius 1 is 1.06 bits per heavy atom. The fraction of sp³-hybridized carbons (Fsp3) is 0.600. The Labute approximate surface area is 104 Å². The molecule has 0 aliphatic heterocycles. The van der Waals surface area contributed by atoms with Gasteiger partial charge in [-0.25, -0.2) is 0 Å². The van der Waals surface area contributed by atoms with Crippen molar-refractivity contribution >= 4 is 5.69 Å². The fourth-order valence-electron chi connectivity index (χ4n) is 2.72. The molecule has 1 fully saturated rings. The Morgan fingerprint density at radius 2 is 1.65 bits per heavy atom. The van der Waals surface area contributed by atoms with Crippen LogP contribution in [0.5, 0.6) is 5.75 Å². The standard InChI is InChI=1S/C15H23NO/c1-11(2)12-3-5-13(6-4-12)16-14-7-9-15(17)10-8-14/h7-13,16-17H,3-6H2,1-2H3. The van der Waals surface area contributed by atoms with Crippen LogP contribution in [0.25, 0.3) is 0 Å². The maximum absolute atomic E-state index is 9.23. The summed E-state index contributed by atoms with van der Waals surface area (Å²) < 4.78 is 0. The molecule has 0 amide bonds. The van der Waals surface area contributed by atoms with Crippen molar-refractivity contribution in [2.75, 3.05) is 5.32 Å². The third kappa shape index (κ3) is 3.39. The van der Waals surface area contributed by atoms with Crippen LogP contribution in [0.15, 0.2) is 24.3 Å². The lowest BCUT2D eigenvalue weighted by Crippen LogP contribution is -2.27. The van der Waals surface area contributed by atoms with Gasteiger partial charge in [-0.05, 0) is 61.8 Å². The van der Waals surface area contributed by atoms with Gasteiger partial charge in [0.05, 0.1) is 0 Å². The van der Waals surface area contributed by atoms with Crippen molar-refractivity contribution in [3.05, 3.63) is 24.3 Å². The fourth-order valence-corrected chi connectivity index (χ4v) is 2.72. The van der Waals surface area contributed by atoms with Crippen LogP contribution in [0, 0.1) is 11.8 Å². The highest BCUT2D eigenvalue weighted by atomic mass is 16.3. The number of hydrogen-bond acceptors (Lipinski definition) is 2.